The van der Waals surface area contributed by atoms with Gasteiger partial charge in [0.2, 0.25) is 5.88 Å². The number of halogens is 1. The molecule has 1 aliphatic heterocycles. The van der Waals surface area contributed by atoms with Gasteiger partial charge in [0.1, 0.15) is 23.0 Å². The predicted octanol–water partition coefficient (Wildman–Crippen LogP) is 6.34. The maximum Gasteiger partial charge on any atom is 0.262 e. The minimum absolute atomic E-state index is 0.190. The molecule has 7 rings (SSSR count). The van der Waals surface area contributed by atoms with Gasteiger partial charge in [-0.1, -0.05) is 87.5 Å². The molecule has 6 aromatic rings. The molecule has 5 heterocycles. The fourth-order valence-electron chi connectivity index (χ4n) is 7.19. The second-order valence-corrected chi connectivity index (χ2v) is 17.9. The second kappa shape index (κ2) is 14.0. The number of rotatable bonds is 10. The van der Waals surface area contributed by atoms with Crippen LogP contribution in [-0.4, -0.2) is 52.4 Å². The number of ether oxygens (including phenoxy) is 1. The summed E-state index contributed by atoms with van der Waals surface area (Å²) in [4.78, 5) is 29.6. The predicted molar refractivity (Wildman–Crippen MR) is 198 cm³/mol. The number of nitrogens with one attached hydrogen (secondary N) is 1. The number of carbonyl (C=O) groups excluding carboxylic acids is 1. The Morgan fingerprint density at radius 1 is 0.980 bits per heavy atom. The Hall–Kier alpha value is -5.46. The number of fused-ring (bicyclic) bond motifs is 1. The summed E-state index contributed by atoms with van der Waals surface area (Å²) in [5.74, 6) is 0.601. The van der Waals surface area contributed by atoms with Crippen molar-refractivity contribution in [3.63, 3.8) is 0 Å². The zero-order chi connectivity index (χ0) is 35.6. The average Bonchev–Trinajstić information content (AvgIpc) is 3.80. The van der Waals surface area contributed by atoms with Crippen LogP contribution >= 0.6 is 0 Å². The number of pyridine rings is 2. The van der Waals surface area contributed by atoms with E-state index in [1.54, 1.807) is 16.9 Å². The maximum absolute atomic E-state index is 14.3. The number of hydrogen-bond acceptors (Lipinski definition) is 8. The lowest BCUT2D eigenvalue weighted by Gasteiger charge is -2.43. The Morgan fingerprint density at radius 3 is 2.39 bits per heavy atom. The summed E-state index contributed by atoms with van der Waals surface area (Å²) < 4.78 is 28.5. The highest BCUT2D eigenvalue weighted by molar-refractivity contribution is 6.99. The Morgan fingerprint density at radius 2 is 1.71 bits per heavy atom. The van der Waals surface area contributed by atoms with Gasteiger partial charge in [-0.25, -0.2) is 23.9 Å². The molecule has 0 saturated carbocycles. The summed E-state index contributed by atoms with van der Waals surface area (Å²) in [6.45, 7) is 7.63. The van der Waals surface area contributed by atoms with Gasteiger partial charge in [-0.05, 0) is 46.5 Å². The molecule has 0 unspecified atom stereocenters. The van der Waals surface area contributed by atoms with E-state index in [9.17, 15) is 9.18 Å². The van der Waals surface area contributed by atoms with Crippen LogP contribution in [0.2, 0.25) is 5.04 Å². The Labute approximate surface area is 297 Å². The molecule has 0 aliphatic carbocycles. The number of hydrogen-bond donors (Lipinski definition) is 1. The molecule has 2 aromatic carbocycles. The first-order valence-corrected chi connectivity index (χ1v) is 18.9. The van der Waals surface area contributed by atoms with Gasteiger partial charge in [0.05, 0.1) is 32.2 Å². The molecular weight excluding hydrogens is 662 g/mol. The van der Waals surface area contributed by atoms with E-state index < -0.39 is 20.0 Å². The lowest BCUT2D eigenvalue weighted by molar-refractivity contribution is 0.102. The van der Waals surface area contributed by atoms with Crippen LogP contribution in [0.25, 0.3) is 5.65 Å². The molecule has 1 N–H and O–H groups in total. The summed E-state index contributed by atoms with van der Waals surface area (Å²) in [6.07, 6.45) is 7.73. The summed E-state index contributed by atoms with van der Waals surface area (Å²) in [6, 6.07) is 27.8. The van der Waals surface area contributed by atoms with Crippen molar-refractivity contribution >= 4 is 41.9 Å². The van der Waals surface area contributed by atoms with E-state index in [-0.39, 0.29) is 17.7 Å². The number of carbonyl (C=O) groups is 1. The van der Waals surface area contributed by atoms with Gasteiger partial charge in [-0.2, -0.15) is 5.10 Å². The molecule has 12 heteroatoms. The third kappa shape index (κ3) is 6.48. The van der Waals surface area contributed by atoms with E-state index in [1.807, 2.05) is 30.3 Å². The topological polar surface area (TPSA) is 107 Å². The van der Waals surface area contributed by atoms with Gasteiger partial charge in [0, 0.05) is 30.1 Å². The molecule has 1 saturated heterocycles. The quantitative estimate of drug-likeness (QED) is 0.165. The van der Waals surface area contributed by atoms with Gasteiger partial charge in [-0.15, -0.1) is 0 Å². The van der Waals surface area contributed by atoms with Gasteiger partial charge < -0.3 is 19.4 Å². The Bertz CT molecular complexity index is 2120. The molecular formula is C39H40FN7O3Si. The first kappa shape index (κ1) is 34.0. The minimum Gasteiger partial charge on any atom is -0.481 e. The molecule has 4 aromatic heterocycles. The van der Waals surface area contributed by atoms with Gasteiger partial charge in [-0.3, -0.25) is 4.79 Å². The van der Waals surface area contributed by atoms with Crippen LogP contribution in [0.3, 0.4) is 0 Å². The summed E-state index contributed by atoms with van der Waals surface area (Å²) in [5, 5.41) is 9.54. The standard InChI is InChI=1S/C39H40FN7O3Si/c1-39(2,3)51(29-14-7-5-8-15-29,30-16-9-6-10-17-30)50-26-27-13-11-20-41-35(27)45-37(48)32-25-43-47-22-19-34(44-36(32)47)46-21-12-18-33(46)31-23-28(40)24-42-38(31)49-4/h5-11,13-17,19-20,22-25,33H,12,18,21,26H2,1-4H3,(H,41,45,48)/t33-/m1/s1. The molecule has 51 heavy (non-hydrogen) atoms. The first-order chi connectivity index (χ1) is 24.7. The normalized spacial score (nSPS) is 14.9. The number of nitrogens with zero attached hydrogens (tertiary/aromatic N) is 6. The van der Waals surface area contributed by atoms with Crippen LogP contribution < -0.4 is 25.3 Å². The first-order valence-electron chi connectivity index (χ1n) is 17.0. The SMILES string of the molecule is COc1ncc(F)cc1[C@H]1CCCN1c1ccn2ncc(C(=O)Nc3ncccc3CO[Si](c3ccccc3)(c3ccccc3)C(C)(C)C)c2n1. The van der Waals surface area contributed by atoms with Crippen molar-refractivity contribution in [1.82, 2.24) is 24.6 Å². The van der Waals surface area contributed by atoms with Crippen molar-refractivity contribution in [3.8, 4) is 5.88 Å². The highest BCUT2D eigenvalue weighted by Gasteiger charge is 2.50. The Kier molecular flexibility index (Phi) is 9.36. The number of aromatic nitrogens is 5. The van der Waals surface area contributed by atoms with E-state index in [4.69, 9.17) is 14.1 Å². The molecule has 1 atom stereocenters. The second-order valence-electron chi connectivity index (χ2n) is 13.6. The molecule has 10 nitrogen and oxygen atoms in total. The van der Waals surface area contributed by atoms with E-state index in [0.717, 1.165) is 24.6 Å². The lowest BCUT2D eigenvalue weighted by Crippen LogP contribution is -2.66. The van der Waals surface area contributed by atoms with Crippen molar-refractivity contribution in [1.29, 1.82) is 0 Å². The van der Waals surface area contributed by atoms with Crippen molar-refractivity contribution in [3.05, 3.63) is 132 Å². The van der Waals surface area contributed by atoms with E-state index in [0.29, 0.717) is 40.8 Å². The number of amides is 1. The molecule has 1 fully saturated rings. The molecule has 0 radical (unpaired) electrons. The van der Waals surface area contributed by atoms with Crippen molar-refractivity contribution < 1.29 is 18.3 Å². The third-order valence-corrected chi connectivity index (χ3v) is 14.5. The largest absolute Gasteiger partial charge is 0.481 e. The Balaban J connectivity index is 1.17. The molecule has 0 spiro atoms. The molecule has 260 valence electrons. The number of anilines is 2. The molecule has 1 amide bonds. The smallest absolute Gasteiger partial charge is 0.262 e. The zero-order valence-electron chi connectivity index (χ0n) is 29.1. The lowest BCUT2D eigenvalue weighted by atomic mass is 10.1. The fraction of sp³-hybridized carbons (Fsp3) is 0.256. The molecule has 1 aliphatic rings. The highest BCUT2D eigenvalue weighted by Crippen LogP contribution is 2.40. The monoisotopic (exact) mass is 701 g/mol. The summed E-state index contributed by atoms with van der Waals surface area (Å²) in [5.41, 5.74) is 2.09. The zero-order valence-corrected chi connectivity index (χ0v) is 30.1. The van der Waals surface area contributed by atoms with Gasteiger partial charge in [0.15, 0.2) is 5.65 Å². The van der Waals surface area contributed by atoms with Crippen LogP contribution in [0.5, 0.6) is 5.88 Å². The van der Waals surface area contributed by atoms with Crippen molar-refractivity contribution in [2.75, 3.05) is 23.9 Å². The van der Waals surface area contributed by atoms with Gasteiger partial charge >= 0.3 is 0 Å². The average molecular weight is 702 g/mol. The van der Waals surface area contributed by atoms with Crippen LogP contribution in [0, 0.1) is 5.82 Å². The minimum atomic E-state index is -2.84. The number of benzene rings is 2. The summed E-state index contributed by atoms with van der Waals surface area (Å²) in [7, 11) is -1.32. The van der Waals surface area contributed by atoms with Crippen molar-refractivity contribution in [2.45, 2.75) is 51.3 Å². The number of methoxy groups -OCH3 is 1. The molecule has 0 bridgehead atoms. The summed E-state index contributed by atoms with van der Waals surface area (Å²) >= 11 is 0. The third-order valence-electron chi connectivity index (χ3n) is 9.53. The van der Waals surface area contributed by atoms with E-state index in [2.05, 4.69) is 94.6 Å². The highest BCUT2D eigenvalue weighted by atomic mass is 28.4. The van der Waals surface area contributed by atoms with E-state index >= 15 is 0 Å². The van der Waals surface area contributed by atoms with Crippen LogP contribution in [0.1, 0.15) is 61.1 Å². The maximum atomic E-state index is 14.3. The van der Waals surface area contributed by atoms with E-state index in [1.165, 1.54) is 29.7 Å². The van der Waals surface area contributed by atoms with Crippen LogP contribution in [0.4, 0.5) is 16.0 Å². The van der Waals surface area contributed by atoms with Gasteiger partial charge in [0.25, 0.3) is 14.2 Å². The van der Waals surface area contributed by atoms with Crippen LogP contribution in [0.15, 0.2) is 110 Å². The van der Waals surface area contributed by atoms with Crippen molar-refractivity contribution in [2.24, 2.45) is 0 Å². The fourth-order valence-corrected chi connectivity index (χ4v) is 11.7. The van der Waals surface area contributed by atoms with Crippen LogP contribution in [-0.2, 0) is 11.0 Å².